The molecule has 1 fully saturated rings. The number of hydrogen-bond acceptors (Lipinski definition) is 8. The molecule has 1 aliphatic heterocycles. The minimum atomic E-state index is 0.0949. The van der Waals surface area contributed by atoms with Crippen LogP contribution >= 0.6 is 0 Å². The van der Waals surface area contributed by atoms with Gasteiger partial charge in [-0.15, -0.1) is 0 Å². The Kier molecular flexibility index (Phi) is 5.45. The fraction of sp³-hybridized carbons (Fsp3) is 0.421. The SMILES string of the molecule is COCCOc1ccnc(-c2noc([C@H]3CCCN3Cc3ccco3)n2)c1. The number of nitrogens with zero attached hydrogens (tertiary/aromatic N) is 4. The second-order valence-electron chi connectivity index (χ2n) is 6.38. The van der Waals surface area contributed by atoms with Crippen LogP contribution in [0.2, 0.25) is 0 Å². The van der Waals surface area contributed by atoms with Crippen molar-refractivity contribution in [2.24, 2.45) is 0 Å². The number of ether oxygens (including phenoxy) is 2. The molecule has 0 amide bonds. The van der Waals surface area contributed by atoms with Crippen LogP contribution in [0.5, 0.6) is 5.75 Å². The first-order valence-corrected chi connectivity index (χ1v) is 9.01. The van der Waals surface area contributed by atoms with Crippen molar-refractivity contribution in [2.45, 2.75) is 25.4 Å². The van der Waals surface area contributed by atoms with E-state index in [4.69, 9.17) is 18.4 Å². The summed E-state index contributed by atoms with van der Waals surface area (Å²) >= 11 is 0. The van der Waals surface area contributed by atoms with E-state index in [9.17, 15) is 0 Å². The molecule has 4 rings (SSSR count). The number of pyridine rings is 1. The third kappa shape index (κ3) is 4.17. The maximum atomic E-state index is 5.62. The Morgan fingerprint density at radius 2 is 2.26 bits per heavy atom. The van der Waals surface area contributed by atoms with Crippen molar-refractivity contribution in [1.29, 1.82) is 0 Å². The van der Waals surface area contributed by atoms with Crippen molar-refractivity contribution >= 4 is 0 Å². The lowest BCUT2D eigenvalue weighted by molar-refractivity contribution is 0.146. The Labute approximate surface area is 157 Å². The molecule has 0 N–H and O–H groups in total. The molecule has 27 heavy (non-hydrogen) atoms. The number of methoxy groups -OCH3 is 1. The van der Waals surface area contributed by atoms with Gasteiger partial charge in [0.25, 0.3) is 0 Å². The van der Waals surface area contributed by atoms with Crippen LogP contribution in [-0.4, -0.2) is 46.9 Å². The highest BCUT2D eigenvalue weighted by Gasteiger charge is 2.31. The third-order valence-electron chi connectivity index (χ3n) is 4.55. The summed E-state index contributed by atoms with van der Waals surface area (Å²) in [6.07, 6.45) is 5.44. The number of hydrogen-bond donors (Lipinski definition) is 0. The van der Waals surface area contributed by atoms with Crippen LogP contribution in [0.4, 0.5) is 0 Å². The van der Waals surface area contributed by atoms with Gasteiger partial charge in [-0.05, 0) is 37.6 Å². The molecule has 0 radical (unpaired) electrons. The second-order valence-corrected chi connectivity index (χ2v) is 6.38. The number of rotatable bonds is 8. The number of furan rings is 1. The zero-order valence-corrected chi connectivity index (χ0v) is 15.2. The van der Waals surface area contributed by atoms with Crippen molar-refractivity contribution in [3.8, 4) is 17.3 Å². The highest BCUT2D eigenvalue weighted by atomic mass is 16.5. The molecule has 8 heteroatoms. The van der Waals surface area contributed by atoms with Crippen LogP contribution in [0, 0.1) is 0 Å². The first-order chi connectivity index (χ1) is 13.3. The monoisotopic (exact) mass is 370 g/mol. The van der Waals surface area contributed by atoms with Crippen molar-refractivity contribution in [2.75, 3.05) is 26.9 Å². The molecule has 1 saturated heterocycles. The Balaban J connectivity index is 1.47. The van der Waals surface area contributed by atoms with E-state index in [1.54, 1.807) is 31.7 Å². The molecular formula is C19H22N4O4. The molecule has 1 atom stereocenters. The number of likely N-dealkylation sites (tertiary alicyclic amines) is 1. The lowest BCUT2D eigenvalue weighted by Gasteiger charge is -2.19. The van der Waals surface area contributed by atoms with Crippen LogP contribution in [0.1, 0.15) is 30.5 Å². The molecule has 8 nitrogen and oxygen atoms in total. The minimum absolute atomic E-state index is 0.0949. The number of aromatic nitrogens is 3. The van der Waals surface area contributed by atoms with E-state index in [1.807, 2.05) is 12.1 Å². The highest BCUT2D eigenvalue weighted by Crippen LogP contribution is 2.33. The molecule has 1 aliphatic rings. The molecule has 3 aromatic rings. The molecule has 142 valence electrons. The van der Waals surface area contributed by atoms with Gasteiger partial charge in [0.15, 0.2) is 0 Å². The van der Waals surface area contributed by atoms with Gasteiger partial charge in [-0.2, -0.15) is 4.98 Å². The largest absolute Gasteiger partial charge is 0.491 e. The fourth-order valence-electron chi connectivity index (χ4n) is 3.24. The first-order valence-electron chi connectivity index (χ1n) is 9.01. The van der Waals surface area contributed by atoms with Gasteiger partial charge in [-0.1, -0.05) is 5.16 Å². The molecule has 0 unspecified atom stereocenters. The van der Waals surface area contributed by atoms with Crippen LogP contribution in [0.25, 0.3) is 11.5 Å². The Morgan fingerprint density at radius 1 is 1.30 bits per heavy atom. The summed E-state index contributed by atoms with van der Waals surface area (Å²) in [6, 6.07) is 7.58. The van der Waals surface area contributed by atoms with Gasteiger partial charge < -0.3 is 18.4 Å². The first kappa shape index (κ1) is 17.7. The van der Waals surface area contributed by atoms with Gasteiger partial charge in [0.05, 0.1) is 25.5 Å². The average Bonchev–Trinajstić information content (AvgIpc) is 3.44. The van der Waals surface area contributed by atoms with E-state index >= 15 is 0 Å². The summed E-state index contributed by atoms with van der Waals surface area (Å²) in [4.78, 5) is 11.2. The summed E-state index contributed by atoms with van der Waals surface area (Å²) in [5, 5.41) is 4.12. The van der Waals surface area contributed by atoms with E-state index in [2.05, 4.69) is 20.0 Å². The van der Waals surface area contributed by atoms with Crippen molar-refractivity contribution < 1.29 is 18.4 Å². The second kappa shape index (κ2) is 8.32. The Hall–Kier alpha value is -2.71. The van der Waals surface area contributed by atoms with Gasteiger partial charge in [0.2, 0.25) is 11.7 Å². The standard InChI is InChI=1S/C19H22N4O4/c1-24-10-11-26-14-6-7-20-16(12-14)18-21-19(27-22-18)17-5-2-8-23(17)13-15-4-3-9-25-15/h3-4,6-7,9,12,17H,2,5,8,10-11,13H2,1H3/t17-/m1/s1. The maximum Gasteiger partial charge on any atom is 0.244 e. The molecule has 0 aromatic carbocycles. The van der Waals surface area contributed by atoms with Crippen molar-refractivity contribution in [3.05, 3.63) is 48.4 Å². The van der Waals surface area contributed by atoms with Gasteiger partial charge in [-0.25, -0.2) is 0 Å². The summed E-state index contributed by atoms with van der Waals surface area (Å²) in [5.74, 6) is 2.71. The predicted molar refractivity (Wildman–Crippen MR) is 96.0 cm³/mol. The topological polar surface area (TPSA) is 86.7 Å². The third-order valence-corrected chi connectivity index (χ3v) is 4.55. The molecule has 0 bridgehead atoms. The van der Waals surface area contributed by atoms with Crippen molar-refractivity contribution in [3.63, 3.8) is 0 Å². The van der Waals surface area contributed by atoms with Gasteiger partial charge in [-0.3, -0.25) is 9.88 Å². The maximum absolute atomic E-state index is 5.62. The van der Waals surface area contributed by atoms with Crippen molar-refractivity contribution in [1.82, 2.24) is 20.0 Å². The summed E-state index contributed by atoms with van der Waals surface area (Å²) in [7, 11) is 1.64. The zero-order chi connectivity index (χ0) is 18.5. The summed E-state index contributed by atoms with van der Waals surface area (Å²) < 4.78 is 21.6. The lowest BCUT2D eigenvalue weighted by atomic mass is 10.2. The molecular weight excluding hydrogens is 348 g/mol. The fourth-order valence-corrected chi connectivity index (χ4v) is 3.24. The summed E-state index contributed by atoms with van der Waals surface area (Å²) in [5.41, 5.74) is 0.621. The van der Waals surface area contributed by atoms with E-state index in [0.717, 1.165) is 31.7 Å². The van der Waals surface area contributed by atoms with Crippen LogP contribution in [0.15, 0.2) is 45.7 Å². The quantitative estimate of drug-likeness (QED) is 0.559. The van der Waals surface area contributed by atoms with Gasteiger partial charge in [0, 0.05) is 19.4 Å². The Bertz CT molecular complexity index is 849. The molecule has 0 spiro atoms. The van der Waals surface area contributed by atoms with Gasteiger partial charge >= 0.3 is 0 Å². The lowest BCUT2D eigenvalue weighted by Crippen LogP contribution is -2.22. The van der Waals surface area contributed by atoms with Crippen LogP contribution < -0.4 is 4.74 Å². The van der Waals surface area contributed by atoms with Crippen LogP contribution in [0.3, 0.4) is 0 Å². The molecule has 4 heterocycles. The highest BCUT2D eigenvalue weighted by molar-refractivity contribution is 5.50. The summed E-state index contributed by atoms with van der Waals surface area (Å²) in [6.45, 7) is 2.71. The predicted octanol–water partition coefficient (Wildman–Crippen LogP) is 3.09. The molecule has 0 saturated carbocycles. The smallest absolute Gasteiger partial charge is 0.244 e. The average molecular weight is 370 g/mol. The zero-order valence-electron chi connectivity index (χ0n) is 15.2. The van der Waals surface area contributed by atoms with Crippen LogP contribution in [-0.2, 0) is 11.3 Å². The normalized spacial score (nSPS) is 17.4. The van der Waals surface area contributed by atoms with Gasteiger partial charge in [0.1, 0.15) is 23.8 Å². The minimum Gasteiger partial charge on any atom is -0.491 e. The molecule has 0 aliphatic carbocycles. The van der Waals surface area contributed by atoms with E-state index < -0.39 is 0 Å². The van der Waals surface area contributed by atoms with E-state index in [1.165, 1.54) is 0 Å². The Morgan fingerprint density at radius 3 is 3.11 bits per heavy atom. The van der Waals surface area contributed by atoms with E-state index in [0.29, 0.717) is 36.4 Å². The molecule has 3 aromatic heterocycles. The van der Waals surface area contributed by atoms with E-state index in [-0.39, 0.29) is 6.04 Å².